The maximum absolute atomic E-state index is 12.5. The van der Waals surface area contributed by atoms with Crippen molar-refractivity contribution in [2.75, 3.05) is 20.8 Å². The van der Waals surface area contributed by atoms with E-state index in [9.17, 15) is 22.8 Å². The van der Waals surface area contributed by atoms with Crippen LogP contribution in [-0.2, 0) is 20.9 Å². The fourth-order valence-electron chi connectivity index (χ4n) is 3.44. The van der Waals surface area contributed by atoms with E-state index in [0.29, 0.717) is 28.0 Å². The number of carbonyl (C=O) groups is 2. The Bertz CT molecular complexity index is 1060. The highest BCUT2D eigenvalue weighted by atomic mass is 19.4. The predicted octanol–water partition coefficient (Wildman–Crippen LogP) is 4.69. The molecule has 0 amide bonds. The molecule has 0 spiro atoms. The van der Waals surface area contributed by atoms with E-state index in [-0.39, 0.29) is 24.7 Å². The van der Waals surface area contributed by atoms with Gasteiger partial charge in [0.15, 0.2) is 11.5 Å². The number of hydrogen-bond acceptors (Lipinski definition) is 7. The number of halogens is 3. The van der Waals surface area contributed by atoms with E-state index >= 15 is 0 Å². The van der Waals surface area contributed by atoms with Crippen molar-refractivity contribution in [1.29, 1.82) is 0 Å². The highest BCUT2D eigenvalue weighted by Crippen LogP contribution is 2.46. The molecule has 1 aliphatic heterocycles. The van der Waals surface area contributed by atoms with Crippen LogP contribution in [0.3, 0.4) is 0 Å². The SMILES string of the molecule is COc1ccc(-c2cccc3c2COC3=O)c(OCC(C)(C)OC(=O)CC(F)(F)F)c1OC. The van der Waals surface area contributed by atoms with Gasteiger partial charge in [-0.1, -0.05) is 12.1 Å². The molecule has 1 heterocycles. The second kappa shape index (κ2) is 9.21. The molecule has 0 atom stereocenters. The number of carbonyl (C=O) groups excluding carboxylic acids is 2. The average Bonchev–Trinajstić information content (AvgIpc) is 3.10. The second-order valence-corrected chi connectivity index (χ2v) is 7.90. The average molecular weight is 468 g/mol. The molecule has 0 bridgehead atoms. The molecule has 0 saturated heterocycles. The summed E-state index contributed by atoms with van der Waals surface area (Å²) in [6, 6.07) is 8.50. The zero-order valence-corrected chi connectivity index (χ0v) is 18.5. The maximum Gasteiger partial charge on any atom is 0.399 e. The van der Waals surface area contributed by atoms with Crippen LogP contribution >= 0.6 is 0 Å². The van der Waals surface area contributed by atoms with Gasteiger partial charge in [-0.3, -0.25) is 4.79 Å². The molecule has 0 fully saturated rings. The summed E-state index contributed by atoms with van der Waals surface area (Å²) < 4.78 is 64.4. The van der Waals surface area contributed by atoms with Gasteiger partial charge < -0.3 is 23.7 Å². The predicted molar refractivity (Wildman–Crippen MR) is 110 cm³/mol. The van der Waals surface area contributed by atoms with Gasteiger partial charge in [0.05, 0.1) is 19.8 Å². The number of rotatable bonds is 8. The lowest BCUT2D eigenvalue weighted by molar-refractivity contribution is -0.182. The molecule has 0 aromatic heterocycles. The quantitative estimate of drug-likeness (QED) is 0.520. The molecule has 7 nitrogen and oxygen atoms in total. The van der Waals surface area contributed by atoms with Gasteiger partial charge >= 0.3 is 18.1 Å². The molecule has 0 unspecified atom stereocenters. The Hall–Kier alpha value is -3.43. The first-order valence-electron chi connectivity index (χ1n) is 9.91. The lowest BCUT2D eigenvalue weighted by Gasteiger charge is -2.27. The fraction of sp³-hybridized carbons (Fsp3) is 0.391. The van der Waals surface area contributed by atoms with Crippen LogP contribution in [0.4, 0.5) is 13.2 Å². The van der Waals surface area contributed by atoms with Crippen molar-refractivity contribution in [3.05, 3.63) is 41.5 Å². The third-order valence-corrected chi connectivity index (χ3v) is 4.83. The van der Waals surface area contributed by atoms with E-state index in [0.717, 1.165) is 0 Å². The number of fused-ring (bicyclic) bond motifs is 1. The molecule has 0 aliphatic carbocycles. The Morgan fingerprint density at radius 3 is 2.33 bits per heavy atom. The first-order chi connectivity index (χ1) is 15.5. The Morgan fingerprint density at radius 1 is 1.00 bits per heavy atom. The van der Waals surface area contributed by atoms with Crippen LogP contribution in [0.2, 0.25) is 0 Å². The van der Waals surface area contributed by atoms with Crippen molar-refractivity contribution >= 4 is 11.9 Å². The highest BCUT2D eigenvalue weighted by molar-refractivity contribution is 5.96. The van der Waals surface area contributed by atoms with Crippen LogP contribution in [0.5, 0.6) is 17.2 Å². The summed E-state index contributed by atoms with van der Waals surface area (Å²) in [5, 5.41) is 0. The number of alkyl halides is 3. The normalized spacial score (nSPS) is 13.2. The number of ether oxygens (including phenoxy) is 5. The van der Waals surface area contributed by atoms with Crippen LogP contribution in [0.1, 0.15) is 36.2 Å². The molecular weight excluding hydrogens is 445 g/mol. The number of benzene rings is 2. The monoisotopic (exact) mass is 468 g/mol. The van der Waals surface area contributed by atoms with E-state index < -0.39 is 30.1 Å². The van der Waals surface area contributed by atoms with Gasteiger partial charge in [-0.25, -0.2) is 4.79 Å². The van der Waals surface area contributed by atoms with Crippen LogP contribution in [0.25, 0.3) is 11.1 Å². The third kappa shape index (κ3) is 5.50. The fourth-order valence-corrected chi connectivity index (χ4v) is 3.44. The minimum atomic E-state index is -4.68. The van der Waals surface area contributed by atoms with E-state index in [1.165, 1.54) is 28.1 Å². The standard InChI is InChI=1S/C23H23F3O7/c1-22(2,33-18(27)10-23(24,25)26)12-32-19-14(8-9-17(29-3)20(19)30-4)13-6-5-7-15-16(13)11-31-21(15)28/h5-9H,10-12H2,1-4H3. The molecule has 2 aromatic rings. The van der Waals surface area contributed by atoms with Crippen molar-refractivity contribution < 1.29 is 46.4 Å². The van der Waals surface area contributed by atoms with E-state index in [1.54, 1.807) is 30.3 Å². The van der Waals surface area contributed by atoms with Crippen LogP contribution in [-0.4, -0.2) is 44.5 Å². The topological polar surface area (TPSA) is 80.3 Å². The van der Waals surface area contributed by atoms with Crippen LogP contribution in [0.15, 0.2) is 30.3 Å². The van der Waals surface area contributed by atoms with Crippen LogP contribution in [0, 0.1) is 0 Å². The molecular formula is C23H23F3O7. The molecule has 0 N–H and O–H groups in total. The van der Waals surface area contributed by atoms with Crippen LogP contribution < -0.4 is 14.2 Å². The Labute approximate surface area is 188 Å². The molecule has 0 saturated carbocycles. The summed E-state index contributed by atoms with van der Waals surface area (Å²) in [6.45, 7) is 2.66. The highest BCUT2D eigenvalue weighted by Gasteiger charge is 2.35. The molecule has 0 radical (unpaired) electrons. The smallest absolute Gasteiger partial charge is 0.399 e. The van der Waals surface area contributed by atoms with Gasteiger partial charge in [0, 0.05) is 11.1 Å². The van der Waals surface area contributed by atoms with Crippen molar-refractivity contribution in [3.63, 3.8) is 0 Å². The van der Waals surface area contributed by atoms with E-state index in [4.69, 9.17) is 23.7 Å². The minimum Gasteiger partial charge on any atom is -0.493 e. The van der Waals surface area contributed by atoms with Crippen molar-refractivity contribution in [1.82, 2.24) is 0 Å². The zero-order valence-electron chi connectivity index (χ0n) is 18.5. The summed E-state index contributed by atoms with van der Waals surface area (Å²) in [5.41, 5.74) is 0.900. The van der Waals surface area contributed by atoms with Gasteiger partial charge in [-0.05, 0) is 37.6 Å². The number of methoxy groups -OCH3 is 2. The Morgan fingerprint density at radius 2 is 1.70 bits per heavy atom. The molecule has 2 aromatic carbocycles. The van der Waals surface area contributed by atoms with Gasteiger partial charge in [0.25, 0.3) is 0 Å². The molecule has 178 valence electrons. The Kier molecular flexibility index (Phi) is 6.76. The van der Waals surface area contributed by atoms with Gasteiger partial charge in [-0.2, -0.15) is 13.2 Å². The van der Waals surface area contributed by atoms with Gasteiger partial charge in [-0.15, -0.1) is 0 Å². The summed E-state index contributed by atoms with van der Waals surface area (Å²) >= 11 is 0. The van der Waals surface area contributed by atoms with Gasteiger partial charge in [0.1, 0.15) is 25.2 Å². The second-order valence-electron chi connectivity index (χ2n) is 7.90. The van der Waals surface area contributed by atoms with E-state index in [2.05, 4.69) is 0 Å². The summed E-state index contributed by atoms with van der Waals surface area (Å²) in [5.74, 6) is -1.05. The van der Waals surface area contributed by atoms with E-state index in [1.807, 2.05) is 0 Å². The Balaban J connectivity index is 1.96. The van der Waals surface area contributed by atoms with Crippen molar-refractivity contribution in [3.8, 4) is 28.4 Å². The van der Waals surface area contributed by atoms with Crippen molar-refractivity contribution in [2.45, 2.75) is 38.7 Å². The molecule has 1 aliphatic rings. The zero-order chi connectivity index (χ0) is 24.4. The van der Waals surface area contributed by atoms with Crippen molar-refractivity contribution in [2.24, 2.45) is 0 Å². The lowest BCUT2D eigenvalue weighted by Crippen LogP contribution is -2.36. The first kappa shape index (κ1) is 24.2. The minimum absolute atomic E-state index is 0.0820. The number of cyclic esters (lactones) is 1. The summed E-state index contributed by atoms with van der Waals surface area (Å²) in [4.78, 5) is 23.7. The largest absolute Gasteiger partial charge is 0.493 e. The number of hydrogen-bond donors (Lipinski definition) is 0. The first-order valence-corrected chi connectivity index (χ1v) is 9.91. The summed E-state index contributed by atoms with van der Waals surface area (Å²) in [7, 11) is 2.85. The lowest BCUT2D eigenvalue weighted by atomic mass is 9.95. The third-order valence-electron chi connectivity index (χ3n) is 4.83. The number of esters is 2. The summed E-state index contributed by atoms with van der Waals surface area (Å²) in [6.07, 6.45) is -6.38. The molecule has 33 heavy (non-hydrogen) atoms. The van der Waals surface area contributed by atoms with Gasteiger partial charge in [0.2, 0.25) is 5.75 Å². The maximum atomic E-state index is 12.5. The molecule has 3 rings (SSSR count). The molecule has 10 heteroatoms.